The fourth-order valence-electron chi connectivity index (χ4n) is 2.20. The highest BCUT2D eigenvalue weighted by Crippen LogP contribution is 2.31. The van der Waals surface area contributed by atoms with Crippen molar-refractivity contribution in [3.05, 3.63) is 28.5 Å². The highest BCUT2D eigenvalue weighted by atomic mass is 35.5. The van der Waals surface area contributed by atoms with E-state index in [-0.39, 0.29) is 5.91 Å². The molecule has 2 rings (SSSR count). The van der Waals surface area contributed by atoms with Crippen molar-refractivity contribution in [2.45, 2.75) is 33.6 Å². The fourth-order valence-corrected chi connectivity index (χ4v) is 2.97. The number of aryl methyl sites for hydroxylation is 1. The summed E-state index contributed by atoms with van der Waals surface area (Å²) < 4.78 is 9.56. The monoisotopic (exact) mass is 382 g/mol. The summed E-state index contributed by atoms with van der Waals surface area (Å²) in [5.74, 6) is 1.79. The zero-order valence-corrected chi connectivity index (χ0v) is 16.4. The lowest BCUT2D eigenvalue weighted by Gasteiger charge is -2.12. The van der Waals surface area contributed by atoms with Crippen LogP contribution in [0.1, 0.15) is 31.7 Å². The molecule has 0 radical (unpaired) electrons. The molecule has 0 fully saturated rings. The van der Waals surface area contributed by atoms with E-state index >= 15 is 0 Å². The summed E-state index contributed by atoms with van der Waals surface area (Å²) in [4.78, 5) is 16.6. The number of nitrogens with zero attached hydrogens (tertiary/aromatic N) is 2. The summed E-state index contributed by atoms with van der Waals surface area (Å²) in [6.45, 7) is 6.62. The first-order valence-electron chi connectivity index (χ1n) is 8.09. The van der Waals surface area contributed by atoms with Crippen LogP contribution in [-0.4, -0.2) is 28.9 Å². The van der Waals surface area contributed by atoms with E-state index in [4.69, 9.17) is 16.3 Å². The number of rotatable bonds is 8. The van der Waals surface area contributed by atoms with Gasteiger partial charge in [0.05, 0.1) is 12.8 Å². The summed E-state index contributed by atoms with van der Waals surface area (Å²) in [7, 11) is 1.54. The van der Waals surface area contributed by atoms with Gasteiger partial charge in [0, 0.05) is 42.0 Å². The van der Waals surface area contributed by atoms with Crippen LogP contribution in [-0.2, 0) is 11.2 Å². The van der Waals surface area contributed by atoms with Crippen LogP contribution in [0.15, 0.2) is 12.1 Å². The highest BCUT2D eigenvalue weighted by molar-refractivity contribution is 7.09. The molecule has 0 aliphatic carbocycles. The second kappa shape index (κ2) is 9.01. The molecule has 8 heteroatoms. The molecule has 0 bridgehead atoms. The molecule has 0 aliphatic rings. The van der Waals surface area contributed by atoms with Gasteiger partial charge in [0.1, 0.15) is 11.6 Å². The number of methoxy groups -OCH3 is 1. The van der Waals surface area contributed by atoms with Gasteiger partial charge in [-0.1, -0.05) is 25.4 Å². The largest absolute Gasteiger partial charge is 0.495 e. The normalized spacial score (nSPS) is 10.8. The van der Waals surface area contributed by atoms with Gasteiger partial charge >= 0.3 is 0 Å². The van der Waals surface area contributed by atoms with Crippen LogP contribution in [0.3, 0.4) is 0 Å². The lowest BCUT2D eigenvalue weighted by molar-refractivity contribution is -0.116. The Morgan fingerprint density at radius 3 is 2.84 bits per heavy atom. The number of hydrogen-bond acceptors (Lipinski definition) is 6. The molecule has 0 spiro atoms. The molecule has 0 atom stereocenters. The molecule has 0 aliphatic heterocycles. The van der Waals surface area contributed by atoms with Crippen LogP contribution >= 0.6 is 23.1 Å². The Morgan fingerprint density at radius 2 is 2.16 bits per heavy atom. The van der Waals surface area contributed by atoms with E-state index in [1.807, 2.05) is 6.92 Å². The van der Waals surface area contributed by atoms with Gasteiger partial charge in [-0.15, -0.1) is 0 Å². The third kappa shape index (κ3) is 5.86. The summed E-state index contributed by atoms with van der Waals surface area (Å²) in [6.07, 6.45) is 1.16. The minimum absolute atomic E-state index is 0.112. The SMILES string of the molecule is COc1cc(Cl)c(C)cc1NC(=O)CCNc1nc(CC(C)C)ns1. The van der Waals surface area contributed by atoms with Crippen molar-refractivity contribution in [1.29, 1.82) is 0 Å². The first-order valence-corrected chi connectivity index (χ1v) is 9.24. The van der Waals surface area contributed by atoms with Gasteiger partial charge in [0.25, 0.3) is 0 Å². The number of hydrogen-bond donors (Lipinski definition) is 2. The van der Waals surface area contributed by atoms with Crippen LogP contribution in [0.5, 0.6) is 5.75 Å². The smallest absolute Gasteiger partial charge is 0.226 e. The van der Waals surface area contributed by atoms with Crippen LogP contribution in [0, 0.1) is 12.8 Å². The van der Waals surface area contributed by atoms with Gasteiger partial charge in [0.2, 0.25) is 11.0 Å². The third-order valence-electron chi connectivity index (χ3n) is 3.44. The quantitative estimate of drug-likeness (QED) is 0.717. The van der Waals surface area contributed by atoms with Crippen molar-refractivity contribution in [2.24, 2.45) is 5.92 Å². The molecule has 1 aromatic carbocycles. The minimum atomic E-state index is -0.112. The van der Waals surface area contributed by atoms with Crippen LogP contribution in [0.25, 0.3) is 0 Å². The topological polar surface area (TPSA) is 76.1 Å². The molecule has 0 saturated carbocycles. The number of nitrogens with one attached hydrogen (secondary N) is 2. The van der Waals surface area contributed by atoms with Gasteiger partial charge in [-0.3, -0.25) is 4.79 Å². The van der Waals surface area contributed by atoms with Crippen molar-refractivity contribution < 1.29 is 9.53 Å². The number of carbonyl (C=O) groups excluding carboxylic acids is 1. The van der Waals surface area contributed by atoms with E-state index in [9.17, 15) is 4.79 Å². The van der Waals surface area contributed by atoms with Gasteiger partial charge in [-0.25, -0.2) is 4.98 Å². The fraction of sp³-hybridized carbons (Fsp3) is 0.471. The molecule has 2 aromatic rings. The van der Waals surface area contributed by atoms with E-state index < -0.39 is 0 Å². The Balaban J connectivity index is 1.85. The second-order valence-electron chi connectivity index (χ2n) is 6.14. The first-order chi connectivity index (χ1) is 11.9. The van der Waals surface area contributed by atoms with Crippen molar-refractivity contribution >= 4 is 39.9 Å². The molecule has 136 valence electrons. The number of ether oxygens (including phenoxy) is 1. The van der Waals surface area contributed by atoms with Crippen LogP contribution in [0.2, 0.25) is 5.02 Å². The summed E-state index contributed by atoms with van der Waals surface area (Å²) in [6, 6.07) is 3.50. The van der Waals surface area contributed by atoms with Crippen LogP contribution in [0.4, 0.5) is 10.8 Å². The maximum atomic E-state index is 12.1. The lowest BCUT2D eigenvalue weighted by Crippen LogP contribution is -2.16. The van der Waals surface area contributed by atoms with Gasteiger partial charge in [0.15, 0.2) is 0 Å². The number of benzene rings is 1. The van der Waals surface area contributed by atoms with Crippen molar-refractivity contribution in [1.82, 2.24) is 9.36 Å². The molecule has 2 N–H and O–H groups in total. The molecule has 1 amide bonds. The van der Waals surface area contributed by atoms with Gasteiger partial charge in [-0.05, 0) is 24.5 Å². The van der Waals surface area contributed by atoms with Crippen molar-refractivity contribution in [3.8, 4) is 5.75 Å². The molecular formula is C17H23ClN4O2S. The molecule has 6 nitrogen and oxygen atoms in total. The Hall–Kier alpha value is -1.86. The molecular weight excluding hydrogens is 360 g/mol. The standard InChI is InChI=1S/C17H23ClN4O2S/c1-10(2)7-15-21-17(25-22-15)19-6-5-16(23)20-13-8-11(3)12(18)9-14(13)24-4/h8-10H,5-7H2,1-4H3,(H,20,23)(H,19,21,22). The average Bonchev–Trinajstić information content (AvgIpc) is 2.97. The Labute approximate surface area is 157 Å². The average molecular weight is 383 g/mol. The molecule has 1 aromatic heterocycles. The summed E-state index contributed by atoms with van der Waals surface area (Å²) in [5.41, 5.74) is 1.49. The van der Waals surface area contributed by atoms with E-state index in [1.54, 1.807) is 19.2 Å². The number of aromatic nitrogens is 2. The van der Waals surface area contributed by atoms with Crippen LogP contribution < -0.4 is 15.4 Å². The van der Waals surface area contributed by atoms with Gasteiger partial charge < -0.3 is 15.4 Å². The Bertz CT molecular complexity index is 733. The van der Waals surface area contributed by atoms with E-state index in [0.29, 0.717) is 35.3 Å². The Kier molecular flexibility index (Phi) is 7.01. The van der Waals surface area contributed by atoms with Crippen molar-refractivity contribution in [2.75, 3.05) is 24.3 Å². The highest BCUT2D eigenvalue weighted by Gasteiger charge is 2.11. The second-order valence-corrected chi connectivity index (χ2v) is 7.30. The zero-order valence-electron chi connectivity index (χ0n) is 14.9. The minimum Gasteiger partial charge on any atom is -0.495 e. The van der Waals surface area contributed by atoms with E-state index in [1.165, 1.54) is 11.5 Å². The van der Waals surface area contributed by atoms with E-state index in [2.05, 4.69) is 33.8 Å². The number of amides is 1. The number of anilines is 2. The van der Waals surface area contributed by atoms with E-state index in [0.717, 1.165) is 22.9 Å². The third-order valence-corrected chi connectivity index (χ3v) is 4.56. The number of carbonyl (C=O) groups is 1. The first kappa shape index (κ1) is 19.5. The molecule has 0 saturated heterocycles. The predicted octanol–water partition coefficient (Wildman–Crippen LogP) is 4.15. The molecule has 25 heavy (non-hydrogen) atoms. The maximum Gasteiger partial charge on any atom is 0.226 e. The Morgan fingerprint density at radius 1 is 1.40 bits per heavy atom. The number of halogens is 1. The zero-order chi connectivity index (χ0) is 18.4. The molecule has 1 heterocycles. The van der Waals surface area contributed by atoms with Gasteiger partial charge in [-0.2, -0.15) is 4.37 Å². The summed E-state index contributed by atoms with van der Waals surface area (Å²) in [5, 5.41) is 7.33. The maximum absolute atomic E-state index is 12.1. The van der Waals surface area contributed by atoms with Crippen molar-refractivity contribution in [3.63, 3.8) is 0 Å². The predicted molar refractivity (Wildman–Crippen MR) is 103 cm³/mol. The summed E-state index contributed by atoms with van der Waals surface area (Å²) >= 11 is 7.39. The molecule has 0 unspecified atom stereocenters. The lowest BCUT2D eigenvalue weighted by atomic mass is 10.1.